The summed E-state index contributed by atoms with van der Waals surface area (Å²) in [6.07, 6.45) is 12.8. The van der Waals surface area contributed by atoms with E-state index >= 15 is 0 Å². The number of rotatable bonds is 0. The first kappa shape index (κ1) is 91.7. The highest BCUT2D eigenvalue weighted by Gasteiger charge is 2.07. The minimum atomic E-state index is 0. The Morgan fingerprint density at radius 2 is 0.656 bits per heavy atom. The van der Waals surface area contributed by atoms with Crippen molar-refractivity contribution < 1.29 is 0 Å². The molecule has 0 amide bonds. The van der Waals surface area contributed by atoms with Crippen LogP contribution in [0.5, 0.6) is 0 Å². The van der Waals surface area contributed by atoms with Crippen LogP contribution in [-0.4, -0.2) is 15.0 Å². The predicted octanol–water partition coefficient (Wildman–Crippen LogP) is 28.0. The number of nitrogens with zero attached hydrogens (tertiary/aromatic N) is 3. The maximum absolute atomic E-state index is 4.14. The van der Waals surface area contributed by atoms with Gasteiger partial charge in [-0.2, -0.15) is 0 Å². The van der Waals surface area contributed by atoms with Gasteiger partial charge in [0.1, 0.15) is 0 Å². The average Bonchev–Trinajstić information content (AvgIpc) is 1.19. The van der Waals surface area contributed by atoms with Gasteiger partial charge in [0.2, 0.25) is 0 Å². The normalized spacial score (nSPS) is 10.3. The molecule has 10 aromatic rings. The molecule has 3 heterocycles. The number of aromatic nitrogens is 3. The first-order valence-corrected chi connectivity index (χ1v) is 30.8. The summed E-state index contributed by atoms with van der Waals surface area (Å²) in [7, 11) is 0. The summed E-state index contributed by atoms with van der Waals surface area (Å²) in [5, 5.41) is 8.11. The SMILES string of the molecule is C.C.C.C.C.C.C.CC1=CCC(C)=C1C.Cc1cc(C)c(C)c(C)c1C.Cc1cc(C)c(C)c(C)c1C.Cc1ccc2c(C)c(C)ccc2c1.Cc1ccc2cc3c(C)c(C)ccc3cc2c1.Cc1ccnc(C)c1C.Cc1ccncc1C.Cc1cncc(C)c1C. The second-order valence-electron chi connectivity index (χ2n) is 24.6. The molecule has 0 unspecified atom stereocenters. The summed E-state index contributed by atoms with van der Waals surface area (Å²) in [6, 6.07) is 35.3. The van der Waals surface area contributed by atoms with Gasteiger partial charge in [0.05, 0.1) is 0 Å². The third-order valence-electron chi connectivity index (χ3n) is 18.6. The van der Waals surface area contributed by atoms with Crippen molar-refractivity contribution in [3.8, 4) is 0 Å². The minimum Gasteiger partial charge on any atom is -0.264 e. The van der Waals surface area contributed by atoms with Crippen LogP contribution in [0.15, 0.2) is 151 Å². The lowest BCUT2D eigenvalue weighted by molar-refractivity contribution is 1.12. The number of pyridine rings is 3. The molecule has 0 aliphatic heterocycles. The fourth-order valence-electron chi connectivity index (χ4n) is 10.0. The van der Waals surface area contributed by atoms with E-state index in [4.69, 9.17) is 0 Å². The van der Waals surface area contributed by atoms with Gasteiger partial charge in [-0.15, -0.1) is 0 Å². The molecule has 508 valence electrons. The molecular formula is C90H133N3. The zero-order valence-electron chi connectivity index (χ0n) is 58.3. The Bertz CT molecular complexity index is 3800. The van der Waals surface area contributed by atoms with E-state index in [-0.39, 0.29) is 52.0 Å². The Morgan fingerprint density at radius 3 is 1.03 bits per heavy atom. The second-order valence-corrected chi connectivity index (χ2v) is 24.6. The number of aryl methyl sites for hydroxylation is 16. The number of benzene rings is 7. The Balaban J connectivity index is -0.000000488. The summed E-state index contributed by atoms with van der Waals surface area (Å²) in [5.74, 6) is 0. The summed E-state index contributed by atoms with van der Waals surface area (Å²) in [4.78, 5) is 12.1. The van der Waals surface area contributed by atoms with Gasteiger partial charge < -0.3 is 0 Å². The van der Waals surface area contributed by atoms with Crippen molar-refractivity contribution in [2.75, 3.05) is 0 Å². The van der Waals surface area contributed by atoms with E-state index in [1.54, 1.807) is 0 Å². The number of fused-ring (bicyclic) bond motifs is 3. The summed E-state index contributed by atoms with van der Waals surface area (Å²) in [6.45, 7) is 58.1. The molecule has 93 heavy (non-hydrogen) atoms. The van der Waals surface area contributed by atoms with Gasteiger partial charge in [-0.25, -0.2) is 0 Å². The average molecular weight is 1260 g/mol. The third-order valence-corrected chi connectivity index (χ3v) is 18.6. The lowest BCUT2D eigenvalue weighted by atomic mass is 9.96. The van der Waals surface area contributed by atoms with E-state index in [2.05, 4.69) is 286 Å². The van der Waals surface area contributed by atoms with E-state index in [1.165, 1.54) is 183 Å². The smallest absolute Gasteiger partial charge is 0.0404 e. The second kappa shape index (κ2) is 42.5. The molecule has 0 N–H and O–H groups in total. The fourth-order valence-corrected chi connectivity index (χ4v) is 10.0. The number of hydrogen-bond acceptors (Lipinski definition) is 3. The Hall–Kier alpha value is -7.75. The van der Waals surface area contributed by atoms with Crippen LogP contribution in [0, 0.1) is 166 Å². The minimum absolute atomic E-state index is 0. The van der Waals surface area contributed by atoms with Crippen LogP contribution < -0.4 is 0 Å². The van der Waals surface area contributed by atoms with Crippen molar-refractivity contribution in [3.05, 3.63) is 284 Å². The number of hydrogen-bond donors (Lipinski definition) is 0. The highest BCUT2D eigenvalue weighted by atomic mass is 14.7. The van der Waals surface area contributed by atoms with Gasteiger partial charge >= 0.3 is 0 Å². The van der Waals surface area contributed by atoms with Gasteiger partial charge in [-0.3, -0.25) is 15.0 Å². The molecule has 0 saturated carbocycles. The molecule has 3 heteroatoms. The molecule has 0 radical (unpaired) electrons. The molecule has 1 aliphatic carbocycles. The van der Waals surface area contributed by atoms with Crippen LogP contribution in [0.1, 0.15) is 213 Å². The third kappa shape index (κ3) is 25.9. The lowest BCUT2D eigenvalue weighted by Crippen LogP contribution is -1.93. The van der Waals surface area contributed by atoms with Crippen LogP contribution in [0.3, 0.4) is 0 Å². The molecule has 0 atom stereocenters. The van der Waals surface area contributed by atoms with Crippen LogP contribution in [0.25, 0.3) is 32.3 Å². The molecule has 0 fully saturated rings. The van der Waals surface area contributed by atoms with E-state index in [1.807, 2.05) is 50.0 Å². The van der Waals surface area contributed by atoms with Crippen LogP contribution in [0.4, 0.5) is 0 Å². The van der Waals surface area contributed by atoms with Crippen molar-refractivity contribution in [2.24, 2.45) is 0 Å². The van der Waals surface area contributed by atoms with Gasteiger partial charge in [0, 0.05) is 36.7 Å². The molecule has 11 rings (SSSR count). The molecule has 0 spiro atoms. The van der Waals surface area contributed by atoms with Gasteiger partial charge in [-0.05, 0) is 372 Å². The molecule has 0 bridgehead atoms. The Morgan fingerprint density at radius 1 is 0.258 bits per heavy atom. The molecule has 7 aromatic carbocycles. The fraction of sp³-hybridized carbons (Fsp3) is 0.389. The Kier molecular flexibility index (Phi) is 41.9. The van der Waals surface area contributed by atoms with Gasteiger partial charge in [0.25, 0.3) is 0 Å². The van der Waals surface area contributed by atoms with Crippen molar-refractivity contribution in [2.45, 2.75) is 245 Å². The van der Waals surface area contributed by atoms with Crippen molar-refractivity contribution >= 4 is 32.3 Å². The van der Waals surface area contributed by atoms with Crippen LogP contribution >= 0.6 is 0 Å². The Labute approximate surface area is 573 Å². The highest BCUT2D eigenvalue weighted by Crippen LogP contribution is 2.29. The summed E-state index contributed by atoms with van der Waals surface area (Å²) >= 11 is 0. The lowest BCUT2D eigenvalue weighted by Gasteiger charge is -2.10. The summed E-state index contributed by atoms with van der Waals surface area (Å²) < 4.78 is 0. The largest absolute Gasteiger partial charge is 0.264 e. The number of allylic oxidation sites excluding steroid dienone is 4. The summed E-state index contributed by atoms with van der Waals surface area (Å²) in [5.41, 5.74) is 37.2. The molecule has 1 aliphatic rings. The van der Waals surface area contributed by atoms with Crippen molar-refractivity contribution in [1.29, 1.82) is 0 Å². The predicted molar refractivity (Wildman–Crippen MR) is 429 cm³/mol. The van der Waals surface area contributed by atoms with Crippen molar-refractivity contribution in [1.82, 2.24) is 15.0 Å². The molecule has 3 aromatic heterocycles. The molecular weight excluding hydrogens is 1120 g/mol. The molecule has 3 nitrogen and oxygen atoms in total. The van der Waals surface area contributed by atoms with E-state index < -0.39 is 0 Å². The maximum atomic E-state index is 4.14. The van der Waals surface area contributed by atoms with E-state index in [0.29, 0.717) is 0 Å². The zero-order valence-corrected chi connectivity index (χ0v) is 58.3. The first-order chi connectivity index (χ1) is 40.4. The van der Waals surface area contributed by atoms with E-state index in [9.17, 15) is 0 Å². The van der Waals surface area contributed by atoms with E-state index in [0.717, 1.165) is 5.69 Å². The van der Waals surface area contributed by atoms with Gasteiger partial charge in [0.15, 0.2) is 0 Å². The van der Waals surface area contributed by atoms with Crippen LogP contribution in [-0.2, 0) is 0 Å². The first-order valence-electron chi connectivity index (χ1n) is 30.8. The standard InChI is InChI=1S/C17H16.C13H14.2C11H16.2C8H11N.C8H12.C7H9N.7CH4/c1-11-4-6-14-10-17-13(3)12(2)5-7-15(17)9-16(14)8-11;1-9-4-7-13-11(3)10(2)5-6-12(13)8-9;2*1-7-6-8(2)10(4)11(5)9(7)3;1-6-4-9-5-7(2)8(6)3;1-6-4-5-9-8(3)7(6)2;1-6-4-5-7(2)8(6)3;1-6-3-4-8-5-7(6)2;;;;;;;/h4-10H,1-3H3;4-8H,1-3H3;2*6H,1-5H3;2*4-5H,1-3H3;4H,5H2,1-3H3;3-5H,1-2H3;7*1H4. The maximum Gasteiger partial charge on any atom is 0.0404 e. The zero-order chi connectivity index (χ0) is 64.4. The van der Waals surface area contributed by atoms with Gasteiger partial charge in [-0.1, -0.05) is 153 Å². The van der Waals surface area contributed by atoms with Crippen molar-refractivity contribution in [3.63, 3.8) is 0 Å². The quantitative estimate of drug-likeness (QED) is 0.142. The monoisotopic (exact) mass is 1260 g/mol. The van der Waals surface area contributed by atoms with Crippen LogP contribution in [0.2, 0.25) is 0 Å². The highest BCUT2D eigenvalue weighted by molar-refractivity contribution is 6.00. The topological polar surface area (TPSA) is 38.7 Å². The molecule has 0 saturated heterocycles.